The Morgan fingerprint density at radius 2 is 2.05 bits per heavy atom. The molecular formula is C17H19ClFNO. The third-order valence-electron chi connectivity index (χ3n) is 3.24. The van der Waals surface area contributed by atoms with Crippen LogP contribution in [0.25, 0.3) is 0 Å². The Labute approximate surface area is 129 Å². The van der Waals surface area contributed by atoms with Crippen molar-refractivity contribution < 1.29 is 9.13 Å². The summed E-state index contributed by atoms with van der Waals surface area (Å²) in [5.74, 6) is 0.545. The molecule has 4 heteroatoms. The minimum Gasteiger partial charge on any atom is -0.494 e. The van der Waals surface area contributed by atoms with Crippen LogP contribution in [0.15, 0.2) is 42.5 Å². The number of aryl methyl sites for hydroxylation is 1. The van der Waals surface area contributed by atoms with E-state index in [0.29, 0.717) is 24.5 Å². The van der Waals surface area contributed by atoms with Gasteiger partial charge in [0.15, 0.2) is 0 Å². The van der Waals surface area contributed by atoms with E-state index in [2.05, 4.69) is 0 Å². The molecule has 0 fully saturated rings. The molecule has 1 unspecified atom stereocenters. The van der Waals surface area contributed by atoms with Crippen LogP contribution in [0.4, 0.5) is 4.39 Å². The van der Waals surface area contributed by atoms with Crippen molar-refractivity contribution in [1.82, 2.24) is 0 Å². The van der Waals surface area contributed by atoms with Gasteiger partial charge in [0.05, 0.1) is 6.61 Å². The Balaban J connectivity index is 1.82. The Morgan fingerprint density at radius 3 is 2.81 bits per heavy atom. The first-order chi connectivity index (χ1) is 10.0. The molecule has 0 heterocycles. The highest BCUT2D eigenvalue weighted by molar-refractivity contribution is 6.31. The molecule has 2 aromatic carbocycles. The number of hydrogen-bond acceptors (Lipinski definition) is 2. The second-order valence-corrected chi connectivity index (χ2v) is 5.56. The molecule has 0 aliphatic carbocycles. The van der Waals surface area contributed by atoms with Gasteiger partial charge in [-0.2, -0.15) is 0 Å². The minimum atomic E-state index is -0.294. The zero-order valence-corrected chi connectivity index (χ0v) is 12.7. The number of rotatable bonds is 6. The van der Waals surface area contributed by atoms with Crippen LogP contribution in [-0.4, -0.2) is 12.6 Å². The monoisotopic (exact) mass is 307 g/mol. The smallest absolute Gasteiger partial charge is 0.123 e. The number of benzene rings is 2. The first-order valence-corrected chi connectivity index (χ1v) is 7.31. The summed E-state index contributed by atoms with van der Waals surface area (Å²) in [7, 11) is 0. The van der Waals surface area contributed by atoms with E-state index >= 15 is 0 Å². The van der Waals surface area contributed by atoms with Gasteiger partial charge in [0, 0.05) is 11.1 Å². The van der Waals surface area contributed by atoms with Gasteiger partial charge in [-0.3, -0.25) is 0 Å². The first kappa shape index (κ1) is 15.8. The van der Waals surface area contributed by atoms with Gasteiger partial charge < -0.3 is 10.5 Å². The fourth-order valence-corrected chi connectivity index (χ4v) is 2.31. The number of nitrogens with two attached hydrogens (primary N) is 1. The normalized spacial score (nSPS) is 12.2. The van der Waals surface area contributed by atoms with E-state index in [0.717, 1.165) is 16.9 Å². The van der Waals surface area contributed by atoms with Crippen molar-refractivity contribution in [3.05, 3.63) is 64.4 Å². The Hall–Kier alpha value is -1.58. The quantitative estimate of drug-likeness (QED) is 0.871. The molecule has 0 aliphatic rings. The van der Waals surface area contributed by atoms with E-state index in [9.17, 15) is 4.39 Å². The molecule has 1 atom stereocenters. The van der Waals surface area contributed by atoms with Crippen LogP contribution in [0.1, 0.15) is 17.5 Å². The lowest BCUT2D eigenvalue weighted by Crippen LogP contribution is -2.25. The van der Waals surface area contributed by atoms with Crippen molar-refractivity contribution in [2.75, 3.05) is 6.61 Å². The summed E-state index contributed by atoms with van der Waals surface area (Å²) in [5, 5.41) is 0.548. The number of hydrogen-bond donors (Lipinski definition) is 1. The van der Waals surface area contributed by atoms with E-state index in [1.54, 1.807) is 6.07 Å². The number of halogens is 2. The molecular weight excluding hydrogens is 289 g/mol. The summed E-state index contributed by atoms with van der Waals surface area (Å²) in [5.41, 5.74) is 7.95. The molecule has 112 valence electrons. The Bertz CT molecular complexity index is 603. The molecule has 0 bridgehead atoms. The maximum absolute atomic E-state index is 13.2. The molecule has 2 aromatic rings. The minimum absolute atomic E-state index is 0.117. The summed E-state index contributed by atoms with van der Waals surface area (Å²) in [4.78, 5) is 0. The lowest BCUT2D eigenvalue weighted by Gasteiger charge is -2.14. The lowest BCUT2D eigenvalue weighted by atomic mass is 10.0. The third kappa shape index (κ3) is 5.03. The van der Waals surface area contributed by atoms with Crippen molar-refractivity contribution in [3.8, 4) is 5.75 Å². The molecule has 2 N–H and O–H groups in total. The molecule has 21 heavy (non-hydrogen) atoms. The zero-order valence-electron chi connectivity index (χ0n) is 12.0. The topological polar surface area (TPSA) is 35.2 Å². The standard InChI is InChI=1S/C17H19ClFNO/c1-12-3-2-4-16(9-12)21-8-7-15(20)11-13-10-14(19)5-6-17(13)18/h2-6,9-10,15H,7-8,11,20H2,1H3. The molecule has 0 spiro atoms. The van der Waals surface area contributed by atoms with E-state index in [1.807, 2.05) is 31.2 Å². The van der Waals surface area contributed by atoms with Gasteiger partial charge in [-0.15, -0.1) is 0 Å². The largest absolute Gasteiger partial charge is 0.494 e. The SMILES string of the molecule is Cc1cccc(OCCC(N)Cc2cc(F)ccc2Cl)c1. The molecule has 0 radical (unpaired) electrons. The summed E-state index contributed by atoms with van der Waals surface area (Å²) < 4.78 is 18.8. The maximum atomic E-state index is 13.2. The van der Waals surface area contributed by atoms with Crippen molar-refractivity contribution in [1.29, 1.82) is 0 Å². The molecule has 0 saturated heterocycles. The predicted octanol–water partition coefficient (Wildman–Crippen LogP) is 4.13. The van der Waals surface area contributed by atoms with Crippen LogP contribution in [0.2, 0.25) is 5.02 Å². The Kier molecular flexibility index (Phi) is 5.59. The zero-order chi connectivity index (χ0) is 15.2. The second-order valence-electron chi connectivity index (χ2n) is 5.15. The van der Waals surface area contributed by atoms with Crippen LogP contribution >= 0.6 is 11.6 Å². The third-order valence-corrected chi connectivity index (χ3v) is 3.61. The van der Waals surface area contributed by atoms with Crippen LogP contribution in [0.5, 0.6) is 5.75 Å². The van der Waals surface area contributed by atoms with E-state index < -0.39 is 0 Å². The van der Waals surface area contributed by atoms with E-state index in [4.69, 9.17) is 22.1 Å². The van der Waals surface area contributed by atoms with Crippen molar-refractivity contribution in [3.63, 3.8) is 0 Å². The lowest BCUT2D eigenvalue weighted by molar-refractivity contribution is 0.297. The van der Waals surface area contributed by atoms with Crippen LogP contribution in [0.3, 0.4) is 0 Å². The molecule has 2 rings (SSSR count). The van der Waals surface area contributed by atoms with Gasteiger partial charge in [-0.05, 0) is 61.2 Å². The van der Waals surface area contributed by atoms with Gasteiger partial charge in [0.2, 0.25) is 0 Å². The highest BCUT2D eigenvalue weighted by atomic mass is 35.5. The van der Waals surface area contributed by atoms with Gasteiger partial charge in [0.1, 0.15) is 11.6 Å². The summed E-state index contributed by atoms with van der Waals surface area (Å²) in [6.07, 6.45) is 1.22. The maximum Gasteiger partial charge on any atom is 0.123 e. The van der Waals surface area contributed by atoms with E-state index in [1.165, 1.54) is 12.1 Å². The van der Waals surface area contributed by atoms with Crippen molar-refractivity contribution in [2.45, 2.75) is 25.8 Å². The summed E-state index contributed by atoms with van der Waals surface area (Å²) in [6, 6.07) is 12.1. The van der Waals surface area contributed by atoms with E-state index in [-0.39, 0.29) is 11.9 Å². The first-order valence-electron chi connectivity index (χ1n) is 6.93. The predicted molar refractivity (Wildman–Crippen MR) is 84.4 cm³/mol. The Morgan fingerprint density at radius 1 is 1.24 bits per heavy atom. The van der Waals surface area contributed by atoms with Gasteiger partial charge >= 0.3 is 0 Å². The molecule has 0 saturated carbocycles. The summed E-state index contributed by atoms with van der Waals surface area (Å²) >= 11 is 6.03. The van der Waals surface area contributed by atoms with Gasteiger partial charge in [-0.25, -0.2) is 4.39 Å². The van der Waals surface area contributed by atoms with Crippen LogP contribution in [-0.2, 0) is 6.42 Å². The highest BCUT2D eigenvalue weighted by Crippen LogP contribution is 2.19. The summed E-state index contributed by atoms with van der Waals surface area (Å²) in [6.45, 7) is 2.54. The molecule has 0 aromatic heterocycles. The second kappa shape index (κ2) is 7.43. The van der Waals surface area contributed by atoms with Crippen LogP contribution in [0, 0.1) is 12.7 Å². The highest BCUT2D eigenvalue weighted by Gasteiger charge is 2.09. The van der Waals surface area contributed by atoms with Gasteiger partial charge in [0.25, 0.3) is 0 Å². The molecule has 0 aliphatic heterocycles. The van der Waals surface area contributed by atoms with Crippen molar-refractivity contribution in [2.24, 2.45) is 5.73 Å². The number of ether oxygens (including phenoxy) is 1. The van der Waals surface area contributed by atoms with Crippen LogP contribution < -0.4 is 10.5 Å². The average molecular weight is 308 g/mol. The molecule has 0 amide bonds. The average Bonchev–Trinajstić information content (AvgIpc) is 2.43. The van der Waals surface area contributed by atoms with Gasteiger partial charge in [-0.1, -0.05) is 23.7 Å². The van der Waals surface area contributed by atoms with Crippen molar-refractivity contribution >= 4 is 11.6 Å². The fraction of sp³-hybridized carbons (Fsp3) is 0.294. The molecule has 2 nitrogen and oxygen atoms in total. The fourth-order valence-electron chi connectivity index (χ4n) is 2.12.